The third kappa shape index (κ3) is 3.58. The third-order valence-corrected chi connectivity index (χ3v) is 5.79. The molecular weight excluding hydrogens is 370 g/mol. The maximum atomic E-state index is 5.06. The molecule has 1 aliphatic carbocycles. The summed E-state index contributed by atoms with van der Waals surface area (Å²) in [5.74, 6) is 0. The summed E-state index contributed by atoms with van der Waals surface area (Å²) in [6.07, 6.45) is 7.36. The standard InChI is InChI=1S/C22H25N5.ClH/c1-2-7-18(8-3-1)27-21-10-4-9-19(21)20(25-27)16-26-13-12-24-15-22(26)17-6-5-11-23-14-17;/h1-3,5-8,11,14,22,24H,4,9-10,12-13,15-16H2;1H. The second-order valence-corrected chi connectivity index (χ2v) is 7.45. The van der Waals surface area contributed by atoms with Gasteiger partial charge < -0.3 is 5.32 Å². The van der Waals surface area contributed by atoms with Crippen LogP contribution in [0.1, 0.15) is 35.0 Å². The molecule has 2 aliphatic rings. The first kappa shape index (κ1) is 19.1. The fourth-order valence-electron chi connectivity index (χ4n) is 4.45. The van der Waals surface area contributed by atoms with E-state index >= 15 is 0 Å². The Morgan fingerprint density at radius 2 is 1.96 bits per heavy atom. The lowest BCUT2D eigenvalue weighted by Gasteiger charge is -2.36. The summed E-state index contributed by atoms with van der Waals surface area (Å²) in [6.45, 7) is 3.93. The number of halogens is 1. The molecule has 0 radical (unpaired) electrons. The number of rotatable bonds is 4. The first-order valence-corrected chi connectivity index (χ1v) is 9.90. The molecule has 6 heteroatoms. The zero-order chi connectivity index (χ0) is 18.1. The third-order valence-electron chi connectivity index (χ3n) is 5.79. The van der Waals surface area contributed by atoms with Crippen LogP contribution in [0.3, 0.4) is 0 Å². The summed E-state index contributed by atoms with van der Waals surface area (Å²) in [5, 5.41) is 8.60. The Kier molecular flexibility index (Phi) is 5.76. The van der Waals surface area contributed by atoms with Crippen LogP contribution in [0.2, 0.25) is 0 Å². The molecule has 1 aromatic carbocycles. The number of hydrogen-bond acceptors (Lipinski definition) is 4. The molecule has 1 fully saturated rings. The van der Waals surface area contributed by atoms with Crippen molar-refractivity contribution in [1.82, 2.24) is 25.0 Å². The van der Waals surface area contributed by atoms with Gasteiger partial charge >= 0.3 is 0 Å². The molecule has 1 N–H and O–H groups in total. The zero-order valence-electron chi connectivity index (χ0n) is 15.9. The molecule has 0 amide bonds. The molecule has 1 unspecified atom stereocenters. The Hall–Kier alpha value is -2.21. The highest BCUT2D eigenvalue weighted by Gasteiger charge is 2.28. The molecule has 1 aliphatic heterocycles. The van der Waals surface area contributed by atoms with Crippen molar-refractivity contribution < 1.29 is 0 Å². The van der Waals surface area contributed by atoms with E-state index in [4.69, 9.17) is 5.10 Å². The molecule has 5 nitrogen and oxygen atoms in total. The molecule has 5 rings (SSSR count). The first-order chi connectivity index (χ1) is 13.4. The number of aromatic nitrogens is 3. The van der Waals surface area contributed by atoms with Crippen molar-refractivity contribution >= 4 is 12.4 Å². The normalized spacial score (nSPS) is 19.2. The van der Waals surface area contributed by atoms with Crippen LogP contribution in [-0.4, -0.2) is 39.3 Å². The first-order valence-electron chi connectivity index (χ1n) is 9.90. The van der Waals surface area contributed by atoms with Gasteiger partial charge in [0.2, 0.25) is 0 Å². The smallest absolute Gasteiger partial charge is 0.0804 e. The number of fused-ring (bicyclic) bond motifs is 1. The molecule has 0 bridgehead atoms. The van der Waals surface area contributed by atoms with Gasteiger partial charge in [-0.15, -0.1) is 12.4 Å². The van der Waals surface area contributed by atoms with Crippen LogP contribution in [0.15, 0.2) is 54.9 Å². The van der Waals surface area contributed by atoms with Crippen LogP contribution >= 0.6 is 12.4 Å². The molecule has 1 saturated heterocycles. The summed E-state index contributed by atoms with van der Waals surface area (Å²) < 4.78 is 2.18. The van der Waals surface area contributed by atoms with E-state index < -0.39 is 0 Å². The van der Waals surface area contributed by atoms with E-state index in [1.807, 2.05) is 18.5 Å². The van der Waals surface area contributed by atoms with E-state index in [2.05, 4.69) is 56.3 Å². The highest BCUT2D eigenvalue weighted by atomic mass is 35.5. The van der Waals surface area contributed by atoms with Gasteiger partial charge in [0.1, 0.15) is 0 Å². The Labute approximate surface area is 172 Å². The highest BCUT2D eigenvalue weighted by Crippen LogP contribution is 2.30. The molecule has 1 atom stereocenters. The molecule has 146 valence electrons. The van der Waals surface area contributed by atoms with Crippen molar-refractivity contribution in [3.8, 4) is 5.69 Å². The fraction of sp³-hybridized carbons (Fsp3) is 0.364. The Balaban J connectivity index is 0.00000192. The Morgan fingerprint density at radius 1 is 1.07 bits per heavy atom. The van der Waals surface area contributed by atoms with Crippen LogP contribution in [0, 0.1) is 0 Å². The second-order valence-electron chi connectivity index (χ2n) is 7.45. The van der Waals surface area contributed by atoms with Crippen LogP contribution in [0.4, 0.5) is 0 Å². The molecule has 0 spiro atoms. The number of nitrogens with one attached hydrogen (secondary N) is 1. The van der Waals surface area contributed by atoms with E-state index in [1.165, 1.54) is 34.6 Å². The van der Waals surface area contributed by atoms with Crippen LogP contribution in [-0.2, 0) is 19.4 Å². The lowest BCUT2D eigenvalue weighted by Crippen LogP contribution is -2.45. The summed E-state index contributed by atoms with van der Waals surface area (Å²) in [4.78, 5) is 6.89. The minimum Gasteiger partial charge on any atom is -0.314 e. The Morgan fingerprint density at radius 3 is 2.79 bits per heavy atom. The second kappa shape index (κ2) is 8.43. The SMILES string of the molecule is Cl.c1ccc(-n2nc(CN3CCNCC3c3cccnc3)c3c2CCC3)cc1. The van der Waals surface area contributed by atoms with E-state index in [9.17, 15) is 0 Å². The topological polar surface area (TPSA) is 46.0 Å². The summed E-state index contributed by atoms with van der Waals surface area (Å²) >= 11 is 0. The molecule has 2 aromatic heterocycles. The molecule has 3 aromatic rings. The van der Waals surface area contributed by atoms with E-state index in [0.717, 1.165) is 39.0 Å². The van der Waals surface area contributed by atoms with Gasteiger partial charge in [0.25, 0.3) is 0 Å². The van der Waals surface area contributed by atoms with Gasteiger partial charge in [-0.1, -0.05) is 24.3 Å². The van der Waals surface area contributed by atoms with Crippen LogP contribution < -0.4 is 5.32 Å². The lowest BCUT2D eigenvalue weighted by atomic mass is 10.0. The van der Waals surface area contributed by atoms with Crippen molar-refractivity contribution in [2.24, 2.45) is 0 Å². The molecular formula is C22H26ClN5. The highest BCUT2D eigenvalue weighted by molar-refractivity contribution is 5.85. The maximum Gasteiger partial charge on any atom is 0.0804 e. The number of hydrogen-bond donors (Lipinski definition) is 1. The van der Waals surface area contributed by atoms with Crippen molar-refractivity contribution in [2.45, 2.75) is 31.8 Å². The van der Waals surface area contributed by atoms with Crippen molar-refractivity contribution in [1.29, 1.82) is 0 Å². The van der Waals surface area contributed by atoms with E-state index in [-0.39, 0.29) is 12.4 Å². The van der Waals surface area contributed by atoms with E-state index in [0.29, 0.717) is 6.04 Å². The summed E-state index contributed by atoms with van der Waals surface area (Å²) in [7, 11) is 0. The number of benzene rings is 1. The maximum absolute atomic E-state index is 5.06. The number of pyridine rings is 1. The lowest BCUT2D eigenvalue weighted by molar-refractivity contribution is 0.151. The van der Waals surface area contributed by atoms with Crippen LogP contribution in [0.5, 0.6) is 0 Å². The quantitative estimate of drug-likeness (QED) is 0.736. The minimum atomic E-state index is 0. The van der Waals surface area contributed by atoms with Gasteiger partial charge in [-0.3, -0.25) is 9.88 Å². The van der Waals surface area contributed by atoms with Crippen molar-refractivity contribution in [3.63, 3.8) is 0 Å². The van der Waals surface area contributed by atoms with Crippen molar-refractivity contribution in [3.05, 3.63) is 77.4 Å². The van der Waals surface area contributed by atoms with Crippen molar-refractivity contribution in [2.75, 3.05) is 19.6 Å². The average molecular weight is 396 g/mol. The Bertz CT molecular complexity index is 909. The molecule has 0 saturated carbocycles. The van der Waals surface area contributed by atoms with Gasteiger partial charge in [-0.05, 0) is 48.6 Å². The minimum absolute atomic E-state index is 0. The summed E-state index contributed by atoms with van der Waals surface area (Å²) in [6, 6.07) is 15.1. The van der Waals surface area contributed by atoms with Crippen LogP contribution in [0.25, 0.3) is 5.69 Å². The van der Waals surface area contributed by atoms with Gasteiger partial charge in [0, 0.05) is 50.3 Å². The monoisotopic (exact) mass is 395 g/mol. The van der Waals surface area contributed by atoms with Gasteiger partial charge in [-0.25, -0.2) is 4.68 Å². The number of piperazine rings is 1. The van der Waals surface area contributed by atoms with E-state index in [1.54, 1.807) is 0 Å². The number of nitrogens with zero attached hydrogens (tertiary/aromatic N) is 4. The summed E-state index contributed by atoms with van der Waals surface area (Å²) in [5.41, 5.74) is 6.59. The molecule has 28 heavy (non-hydrogen) atoms. The predicted molar refractivity (Wildman–Crippen MR) is 113 cm³/mol. The largest absolute Gasteiger partial charge is 0.314 e. The fourth-order valence-corrected chi connectivity index (χ4v) is 4.45. The molecule has 3 heterocycles. The van der Waals surface area contributed by atoms with Gasteiger partial charge in [0.15, 0.2) is 0 Å². The zero-order valence-corrected chi connectivity index (χ0v) is 16.7. The van der Waals surface area contributed by atoms with Gasteiger partial charge in [-0.2, -0.15) is 5.10 Å². The predicted octanol–water partition coefficient (Wildman–Crippen LogP) is 3.32. The average Bonchev–Trinajstić information content (AvgIpc) is 3.34. The number of para-hydroxylation sites is 1. The van der Waals surface area contributed by atoms with Gasteiger partial charge in [0.05, 0.1) is 11.4 Å².